The topological polar surface area (TPSA) is 15.3 Å². The number of hydrogen-bond donors (Lipinski definition) is 1. The molecule has 2 rings (SSSR count). The molecule has 1 N–H and O–H groups in total. The van der Waals surface area contributed by atoms with Crippen molar-refractivity contribution in [1.82, 2.24) is 5.32 Å². The Labute approximate surface area is 118 Å². The Hall–Kier alpha value is -1.02. The van der Waals surface area contributed by atoms with Crippen molar-refractivity contribution in [1.29, 1.82) is 0 Å². The van der Waals surface area contributed by atoms with Gasteiger partial charge in [0.15, 0.2) is 0 Å². The fraction of sp³-hybridized carbons (Fsp3) is 0.647. The normalized spacial score (nSPS) is 16.8. The molecule has 1 aromatic carbocycles. The van der Waals surface area contributed by atoms with E-state index in [1.807, 2.05) is 0 Å². The quantitative estimate of drug-likeness (QED) is 0.840. The van der Waals surface area contributed by atoms with Crippen molar-refractivity contribution in [3.8, 4) is 0 Å². The Morgan fingerprint density at radius 3 is 2.95 bits per heavy atom. The van der Waals surface area contributed by atoms with Crippen molar-refractivity contribution in [2.24, 2.45) is 0 Å². The summed E-state index contributed by atoms with van der Waals surface area (Å²) in [4.78, 5) is 2.60. The molecule has 2 heteroatoms. The second-order valence-corrected chi connectivity index (χ2v) is 5.67. The average Bonchev–Trinajstić information content (AvgIpc) is 2.62. The van der Waals surface area contributed by atoms with Crippen LogP contribution in [0.15, 0.2) is 24.3 Å². The minimum absolute atomic E-state index is 0.646. The molecule has 0 bridgehead atoms. The molecule has 1 aromatic rings. The number of nitrogens with zero attached hydrogens (tertiary/aromatic N) is 1. The van der Waals surface area contributed by atoms with Crippen LogP contribution in [-0.2, 0) is 6.42 Å². The van der Waals surface area contributed by atoms with Gasteiger partial charge in [0.1, 0.15) is 0 Å². The van der Waals surface area contributed by atoms with E-state index in [2.05, 4.69) is 48.3 Å². The third kappa shape index (κ3) is 4.24. The summed E-state index contributed by atoms with van der Waals surface area (Å²) in [5.74, 6) is 0. The summed E-state index contributed by atoms with van der Waals surface area (Å²) in [7, 11) is 0. The summed E-state index contributed by atoms with van der Waals surface area (Å²) in [6, 6.07) is 9.60. The zero-order chi connectivity index (χ0) is 13.5. The highest BCUT2D eigenvalue weighted by molar-refractivity contribution is 5.54. The SMILES string of the molecule is CCNC(C)CCCN1CCCCc2ccccc21. The van der Waals surface area contributed by atoms with Gasteiger partial charge in [-0.1, -0.05) is 25.1 Å². The second-order valence-electron chi connectivity index (χ2n) is 5.67. The van der Waals surface area contributed by atoms with Crippen LogP contribution in [0.4, 0.5) is 5.69 Å². The molecular formula is C17H28N2. The molecule has 0 spiro atoms. The maximum atomic E-state index is 3.50. The third-order valence-electron chi connectivity index (χ3n) is 4.07. The molecule has 0 aliphatic carbocycles. The Morgan fingerprint density at radius 1 is 1.26 bits per heavy atom. The van der Waals surface area contributed by atoms with E-state index in [1.165, 1.54) is 50.9 Å². The zero-order valence-corrected chi connectivity index (χ0v) is 12.5. The first-order valence-electron chi connectivity index (χ1n) is 7.87. The summed E-state index contributed by atoms with van der Waals surface area (Å²) in [6.45, 7) is 7.98. The van der Waals surface area contributed by atoms with Crippen LogP contribution in [-0.4, -0.2) is 25.7 Å². The molecule has 0 aromatic heterocycles. The Balaban J connectivity index is 1.89. The number of para-hydroxylation sites is 1. The van der Waals surface area contributed by atoms with Crippen molar-refractivity contribution in [3.63, 3.8) is 0 Å². The lowest BCUT2D eigenvalue weighted by molar-refractivity contribution is 0.509. The summed E-state index contributed by atoms with van der Waals surface area (Å²) in [6.07, 6.45) is 6.47. The predicted octanol–water partition coefficient (Wildman–Crippen LogP) is 3.61. The fourth-order valence-corrected chi connectivity index (χ4v) is 3.04. The van der Waals surface area contributed by atoms with Gasteiger partial charge in [0.05, 0.1) is 0 Å². The lowest BCUT2D eigenvalue weighted by atomic mass is 10.1. The van der Waals surface area contributed by atoms with E-state index in [4.69, 9.17) is 0 Å². The van der Waals surface area contributed by atoms with Crippen LogP contribution in [0, 0.1) is 0 Å². The molecule has 106 valence electrons. The van der Waals surface area contributed by atoms with Crippen LogP contribution in [0.1, 0.15) is 45.1 Å². The number of anilines is 1. The van der Waals surface area contributed by atoms with Crippen molar-refractivity contribution in [3.05, 3.63) is 29.8 Å². The van der Waals surface area contributed by atoms with Gasteiger partial charge in [-0.25, -0.2) is 0 Å². The monoisotopic (exact) mass is 260 g/mol. The van der Waals surface area contributed by atoms with Gasteiger partial charge < -0.3 is 10.2 Å². The summed E-state index contributed by atoms with van der Waals surface area (Å²) in [5.41, 5.74) is 3.02. The fourth-order valence-electron chi connectivity index (χ4n) is 3.04. The molecule has 1 atom stereocenters. The van der Waals surface area contributed by atoms with Crippen LogP contribution in [0.2, 0.25) is 0 Å². The maximum Gasteiger partial charge on any atom is 0.0398 e. The van der Waals surface area contributed by atoms with E-state index in [0.29, 0.717) is 6.04 Å². The molecular weight excluding hydrogens is 232 g/mol. The van der Waals surface area contributed by atoms with Gasteiger partial charge >= 0.3 is 0 Å². The summed E-state index contributed by atoms with van der Waals surface area (Å²) in [5, 5.41) is 3.50. The first-order valence-corrected chi connectivity index (χ1v) is 7.87. The Morgan fingerprint density at radius 2 is 2.11 bits per heavy atom. The number of hydrogen-bond acceptors (Lipinski definition) is 2. The molecule has 0 saturated carbocycles. The molecule has 1 heterocycles. The largest absolute Gasteiger partial charge is 0.371 e. The molecule has 1 unspecified atom stereocenters. The van der Waals surface area contributed by atoms with Gasteiger partial charge in [0.2, 0.25) is 0 Å². The number of fused-ring (bicyclic) bond motifs is 1. The predicted molar refractivity (Wildman–Crippen MR) is 84.0 cm³/mol. The van der Waals surface area contributed by atoms with Gasteiger partial charge in [-0.3, -0.25) is 0 Å². The average molecular weight is 260 g/mol. The van der Waals surface area contributed by atoms with Gasteiger partial charge in [0.25, 0.3) is 0 Å². The van der Waals surface area contributed by atoms with E-state index in [-0.39, 0.29) is 0 Å². The van der Waals surface area contributed by atoms with E-state index >= 15 is 0 Å². The molecule has 1 aliphatic heterocycles. The van der Waals surface area contributed by atoms with Gasteiger partial charge in [-0.05, 0) is 57.2 Å². The van der Waals surface area contributed by atoms with Crippen LogP contribution in [0.25, 0.3) is 0 Å². The first kappa shape index (κ1) is 14.4. The maximum absolute atomic E-state index is 3.50. The molecule has 0 amide bonds. The highest BCUT2D eigenvalue weighted by Gasteiger charge is 2.14. The third-order valence-corrected chi connectivity index (χ3v) is 4.07. The molecule has 0 saturated heterocycles. The molecule has 0 fully saturated rings. The van der Waals surface area contributed by atoms with Gasteiger partial charge in [-0.15, -0.1) is 0 Å². The van der Waals surface area contributed by atoms with Crippen molar-refractivity contribution < 1.29 is 0 Å². The highest BCUT2D eigenvalue weighted by atomic mass is 15.1. The summed E-state index contributed by atoms with van der Waals surface area (Å²) < 4.78 is 0. The lowest BCUT2D eigenvalue weighted by Gasteiger charge is -2.25. The number of benzene rings is 1. The van der Waals surface area contributed by atoms with E-state index in [1.54, 1.807) is 5.56 Å². The van der Waals surface area contributed by atoms with Gasteiger partial charge in [-0.2, -0.15) is 0 Å². The minimum atomic E-state index is 0.646. The smallest absolute Gasteiger partial charge is 0.0398 e. The second kappa shape index (κ2) is 7.54. The van der Waals surface area contributed by atoms with E-state index in [0.717, 1.165) is 6.54 Å². The molecule has 0 radical (unpaired) electrons. The van der Waals surface area contributed by atoms with E-state index < -0.39 is 0 Å². The lowest BCUT2D eigenvalue weighted by Crippen LogP contribution is -2.29. The highest BCUT2D eigenvalue weighted by Crippen LogP contribution is 2.26. The van der Waals surface area contributed by atoms with Crippen LogP contribution in [0.5, 0.6) is 0 Å². The summed E-state index contributed by atoms with van der Waals surface area (Å²) >= 11 is 0. The van der Waals surface area contributed by atoms with Crippen molar-refractivity contribution in [2.45, 2.75) is 52.0 Å². The number of rotatable bonds is 6. The van der Waals surface area contributed by atoms with Crippen LogP contribution in [0.3, 0.4) is 0 Å². The van der Waals surface area contributed by atoms with E-state index in [9.17, 15) is 0 Å². The van der Waals surface area contributed by atoms with Crippen molar-refractivity contribution >= 4 is 5.69 Å². The number of aryl methyl sites for hydroxylation is 1. The number of nitrogens with one attached hydrogen (secondary N) is 1. The Kier molecular flexibility index (Phi) is 5.71. The van der Waals surface area contributed by atoms with Crippen molar-refractivity contribution in [2.75, 3.05) is 24.5 Å². The van der Waals surface area contributed by atoms with Crippen LogP contribution < -0.4 is 10.2 Å². The minimum Gasteiger partial charge on any atom is -0.371 e. The molecule has 2 nitrogen and oxygen atoms in total. The molecule has 19 heavy (non-hydrogen) atoms. The van der Waals surface area contributed by atoms with Crippen LogP contribution >= 0.6 is 0 Å². The molecule has 1 aliphatic rings. The first-order chi connectivity index (χ1) is 9.31. The standard InChI is InChI=1S/C17H28N2/c1-3-18-15(2)9-8-14-19-13-7-6-11-16-10-4-5-12-17(16)19/h4-5,10,12,15,18H,3,6-9,11,13-14H2,1-2H3. The zero-order valence-electron chi connectivity index (χ0n) is 12.5. The Bertz CT molecular complexity index is 375. The van der Waals surface area contributed by atoms with Gasteiger partial charge in [0, 0.05) is 24.8 Å².